The van der Waals surface area contributed by atoms with Crippen LogP contribution in [0.25, 0.3) is 0 Å². The quantitative estimate of drug-likeness (QED) is 0.705. The molecule has 0 aromatic heterocycles. The van der Waals surface area contributed by atoms with E-state index in [0.29, 0.717) is 0 Å². The largest absolute Gasteiger partial charge is 0.435 e. The second-order valence-electron chi connectivity index (χ2n) is 4.10. The fourth-order valence-electron chi connectivity index (χ4n) is 1.80. The van der Waals surface area contributed by atoms with Gasteiger partial charge in [0.1, 0.15) is 5.75 Å². The van der Waals surface area contributed by atoms with Crippen LogP contribution >= 0.6 is 15.9 Å². The molecule has 1 nitrogen and oxygen atoms in total. The lowest BCUT2D eigenvalue weighted by atomic mass is 10.0. The van der Waals surface area contributed by atoms with Gasteiger partial charge in [-0.05, 0) is 29.7 Å². The van der Waals surface area contributed by atoms with E-state index in [9.17, 15) is 8.78 Å². The Morgan fingerprint density at radius 3 is 2.16 bits per heavy atom. The molecule has 0 spiro atoms. The topological polar surface area (TPSA) is 9.23 Å². The Hall–Kier alpha value is -1.42. The number of hydrogen-bond donors (Lipinski definition) is 0. The Labute approximate surface area is 119 Å². The van der Waals surface area contributed by atoms with Gasteiger partial charge < -0.3 is 4.74 Å². The molecule has 2 aromatic rings. The average molecular weight is 327 g/mol. The van der Waals surface area contributed by atoms with Crippen molar-refractivity contribution in [3.63, 3.8) is 0 Å². The minimum atomic E-state index is -2.78. The van der Waals surface area contributed by atoms with Crippen LogP contribution in [-0.4, -0.2) is 6.61 Å². The lowest BCUT2D eigenvalue weighted by molar-refractivity contribution is -0.0498. The maximum absolute atomic E-state index is 12.0. The normalized spacial score (nSPS) is 12.4. The molecule has 1 unspecified atom stereocenters. The van der Waals surface area contributed by atoms with E-state index in [4.69, 9.17) is 0 Å². The number of ether oxygens (including phenoxy) is 1. The molecule has 0 aliphatic rings. The molecule has 0 fully saturated rings. The van der Waals surface area contributed by atoms with E-state index in [-0.39, 0.29) is 10.6 Å². The third kappa shape index (κ3) is 4.31. The number of benzene rings is 2. The molecule has 0 saturated carbocycles. The van der Waals surface area contributed by atoms with Gasteiger partial charge >= 0.3 is 6.61 Å². The summed E-state index contributed by atoms with van der Waals surface area (Å²) in [6, 6.07) is 16.8. The zero-order chi connectivity index (χ0) is 13.7. The van der Waals surface area contributed by atoms with Crippen molar-refractivity contribution in [2.45, 2.75) is 17.9 Å². The predicted octanol–water partition coefficient (Wildman–Crippen LogP) is 4.97. The van der Waals surface area contributed by atoms with Crippen molar-refractivity contribution in [3.05, 3.63) is 65.7 Å². The van der Waals surface area contributed by atoms with Gasteiger partial charge in [-0.25, -0.2) is 0 Å². The molecule has 4 heteroatoms. The Bertz CT molecular complexity index is 499. The number of hydrogen-bond acceptors (Lipinski definition) is 1. The monoisotopic (exact) mass is 326 g/mol. The zero-order valence-electron chi connectivity index (χ0n) is 10.1. The van der Waals surface area contributed by atoms with Crippen LogP contribution in [0.2, 0.25) is 0 Å². The summed E-state index contributed by atoms with van der Waals surface area (Å²) in [6.45, 7) is -2.78. The molecule has 0 N–H and O–H groups in total. The number of rotatable bonds is 5. The van der Waals surface area contributed by atoms with Crippen molar-refractivity contribution in [2.75, 3.05) is 0 Å². The van der Waals surface area contributed by atoms with Gasteiger partial charge in [-0.1, -0.05) is 58.4 Å². The third-order valence-electron chi connectivity index (χ3n) is 2.72. The molecule has 0 heterocycles. The molecule has 100 valence electrons. The first-order valence-electron chi connectivity index (χ1n) is 5.88. The molecule has 0 aliphatic heterocycles. The van der Waals surface area contributed by atoms with Gasteiger partial charge in [0.25, 0.3) is 0 Å². The third-order valence-corrected chi connectivity index (χ3v) is 3.58. The van der Waals surface area contributed by atoms with Crippen molar-refractivity contribution in [1.82, 2.24) is 0 Å². The molecule has 2 aromatic carbocycles. The maximum atomic E-state index is 12.0. The van der Waals surface area contributed by atoms with E-state index in [0.717, 1.165) is 12.0 Å². The molecular formula is C15H13BrF2O. The van der Waals surface area contributed by atoms with Gasteiger partial charge in [0.05, 0.1) is 0 Å². The second-order valence-corrected chi connectivity index (χ2v) is 5.21. The molecule has 0 saturated heterocycles. The minimum Gasteiger partial charge on any atom is -0.435 e. The Balaban J connectivity index is 2.01. The summed E-state index contributed by atoms with van der Waals surface area (Å²) >= 11 is 3.61. The molecule has 0 bridgehead atoms. The summed E-state index contributed by atoms with van der Waals surface area (Å²) in [7, 11) is 0. The van der Waals surface area contributed by atoms with Gasteiger partial charge in [0, 0.05) is 4.83 Å². The molecule has 19 heavy (non-hydrogen) atoms. The highest BCUT2D eigenvalue weighted by Gasteiger charge is 2.09. The van der Waals surface area contributed by atoms with Crippen LogP contribution in [0, 0.1) is 0 Å². The van der Waals surface area contributed by atoms with Crippen LogP contribution in [0.4, 0.5) is 8.78 Å². The van der Waals surface area contributed by atoms with Gasteiger partial charge in [0.15, 0.2) is 0 Å². The maximum Gasteiger partial charge on any atom is 0.387 e. The molecular weight excluding hydrogens is 314 g/mol. The van der Waals surface area contributed by atoms with Crippen molar-refractivity contribution in [1.29, 1.82) is 0 Å². The van der Waals surface area contributed by atoms with Gasteiger partial charge in [0.2, 0.25) is 0 Å². The van der Waals surface area contributed by atoms with Crippen LogP contribution < -0.4 is 4.74 Å². The fraction of sp³-hybridized carbons (Fsp3) is 0.200. The first kappa shape index (κ1) is 14.0. The van der Waals surface area contributed by atoms with Gasteiger partial charge in [-0.2, -0.15) is 8.78 Å². The van der Waals surface area contributed by atoms with Crippen LogP contribution in [0.3, 0.4) is 0 Å². The molecule has 0 radical (unpaired) electrons. The molecule has 0 amide bonds. The van der Waals surface area contributed by atoms with E-state index >= 15 is 0 Å². The highest BCUT2D eigenvalue weighted by molar-refractivity contribution is 9.09. The Kier molecular flexibility index (Phi) is 4.91. The molecule has 1 atom stereocenters. The first-order valence-corrected chi connectivity index (χ1v) is 6.79. The highest BCUT2D eigenvalue weighted by Crippen LogP contribution is 2.28. The number of halogens is 3. The average Bonchev–Trinajstić information content (AvgIpc) is 2.40. The molecule has 0 aliphatic carbocycles. The number of alkyl halides is 3. The van der Waals surface area contributed by atoms with Crippen LogP contribution in [0.5, 0.6) is 5.75 Å². The predicted molar refractivity (Wildman–Crippen MR) is 74.9 cm³/mol. The summed E-state index contributed by atoms with van der Waals surface area (Å²) in [4.78, 5) is 0.149. The summed E-state index contributed by atoms with van der Waals surface area (Å²) in [5.41, 5.74) is 2.25. The second kappa shape index (κ2) is 6.66. The Morgan fingerprint density at radius 1 is 0.947 bits per heavy atom. The standard InChI is InChI=1S/C15H13BrF2O/c16-14(10-11-4-2-1-3-5-11)12-6-8-13(9-7-12)19-15(17)18/h1-9,14-15H,10H2. The summed E-state index contributed by atoms with van der Waals surface area (Å²) in [6.07, 6.45) is 0.843. The summed E-state index contributed by atoms with van der Waals surface area (Å²) in [5, 5.41) is 0. The van der Waals surface area contributed by atoms with E-state index in [2.05, 4.69) is 32.8 Å². The van der Waals surface area contributed by atoms with Gasteiger partial charge in [-0.15, -0.1) is 0 Å². The van der Waals surface area contributed by atoms with E-state index in [1.54, 1.807) is 24.3 Å². The smallest absolute Gasteiger partial charge is 0.387 e. The minimum absolute atomic E-state index is 0.149. The van der Waals surface area contributed by atoms with Gasteiger partial charge in [-0.3, -0.25) is 0 Å². The lowest BCUT2D eigenvalue weighted by Crippen LogP contribution is -2.02. The molecule has 2 rings (SSSR count). The van der Waals surface area contributed by atoms with Crippen molar-refractivity contribution in [2.24, 2.45) is 0 Å². The Morgan fingerprint density at radius 2 is 1.58 bits per heavy atom. The van der Waals surface area contributed by atoms with E-state index in [1.807, 2.05) is 18.2 Å². The van der Waals surface area contributed by atoms with Crippen molar-refractivity contribution in [3.8, 4) is 5.75 Å². The van der Waals surface area contributed by atoms with Crippen molar-refractivity contribution >= 4 is 15.9 Å². The summed E-state index contributed by atoms with van der Waals surface area (Å²) in [5.74, 6) is 0.179. The zero-order valence-corrected chi connectivity index (χ0v) is 11.7. The van der Waals surface area contributed by atoms with Crippen molar-refractivity contribution < 1.29 is 13.5 Å². The lowest BCUT2D eigenvalue weighted by Gasteiger charge is -2.11. The van der Waals surface area contributed by atoms with E-state index in [1.165, 1.54) is 5.56 Å². The SMILES string of the molecule is FC(F)Oc1ccc(C(Br)Cc2ccccc2)cc1. The first-order chi connectivity index (χ1) is 9.15. The highest BCUT2D eigenvalue weighted by atomic mass is 79.9. The van der Waals surface area contributed by atoms with Crippen LogP contribution in [0.1, 0.15) is 16.0 Å². The fourth-order valence-corrected chi connectivity index (χ4v) is 2.48. The van der Waals surface area contributed by atoms with Crippen LogP contribution in [-0.2, 0) is 6.42 Å². The summed E-state index contributed by atoms with van der Waals surface area (Å²) < 4.78 is 28.4. The van der Waals surface area contributed by atoms with E-state index < -0.39 is 6.61 Å². The van der Waals surface area contributed by atoms with Crippen LogP contribution in [0.15, 0.2) is 54.6 Å².